The normalized spacial score (nSPS) is 27.3. The molecule has 28 heavy (non-hydrogen) atoms. The van der Waals surface area contributed by atoms with Crippen LogP contribution in [0, 0.1) is 23.7 Å². The van der Waals surface area contributed by atoms with Gasteiger partial charge in [-0.3, -0.25) is 14.4 Å². The highest BCUT2D eigenvalue weighted by Crippen LogP contribution is 2.41. The molecule has 0 saturated heterocycles. The van der Waals surface area contributed by atoms with Crippen LogP contribution in [0.4, 0.5) is 0 Å². The second-order valence-electron chi connectivity index (χ2n) is 7.90. The Hall–Kier alpha value is -2.11. The van der Waals surface area contributed by atoms with Crippen molar-refractivity contribution in [1.29, 1.82) is 0 Å². The first-order valence-electron chi connectivity index (χ1n) is 10.3. The molecule has 2 aliphatic carbocycles. The molecule has 0 aliphatic heterocycles. The smallest absolute Gasteiger partial charge is 0.308 e. The van der Waals surface area contributed by atoms with Crippen molar-refractivity contribution in [2.24, 2.45) is 23.7 Å². The van der Waals surface area contributed by atoms with Gasteiger partial charge in [-0.2, -0.15) is 0 Å². The van der Waals surface area contributed by atoms with Crippen LogP contribution in [-0.4, -0.2) is 35.7 Å². The maximum Gasteiger partial charge on any atom is 0.308 e. The second-order valence-corrected chi connectivity index (χ2v) is 7.90. The SMILES string of the molecule is CC[C@H](C)C(=O)O[C@@H]1CCC=C2C=C[C@@H](C)[C@@H](COC(=O)CCCC(=O)O)[C@@H]21. The predicted molar refractivity (Wildman–Crippen MR) is 104 cm³/mol. The van der Waals surface area contributed by atoms with E-state index in [1.54, 1.807) is 0 Å². The van der Waals surface area contributed by atoms with Crippen molar-refractivity contribution in [2.75, 3.05) is 6.61 Å². The van der Waals surface area contributed by atoms with Crippen LogP contribution >= 0.6 is 0 Å². The van der Waals surface area contributed by atoms with E-state index in [9.17, 15) is 14.4 Å². The summed E-state index contributed by atoms with van der Waals surface area (Å²) >= 11 is 0. The van der Waals surface area contributed by atoms with Gasteiger partial charge in [0.2, 0.25) is 0 Å². The number of ether oxygens (including phenoxy) is 2. The lowest BCUT2D eigenvalue weighted by atomic mass is 9.68. The number of rotatable bonds is 9. The zero-order valence-corrected chi connectivity index (χ0v) is 17.1. The lowest BCUT2D eigenvalue weighted by Gasteiger charge is -2.41. The summed E-state index contributed by atoms with van der Waals surface area (Å²) in [7, 11) is 0. The van der Waals surface area contributed by atoms with Crippen molar-refractivity contribution in [2.45, 2.75) is 65.4 Å². The van der Waals surface area contributed by atoms with E-state index < -0.39 is 5.97 Å². The Morgan fingerprint density at radius 1 is 1.29 bits per heavy atom. The average Bonchev–Trinajstić information content (AvgIpc) is 2.66. The summed E-state index contributed by atoms with van der Waals surface area (Å²) in [5, 5.41) is 8.67. The molecule has 0 unspecified atom stereocenters. The Kier molecular flexibility index (Phi) is 8.27. The number of carboxylic acid groups (broad SMARTS) is 1. The lowest BCUT2D eigenvalue weighted by molar-refractivity contribution is -0.160. The van der Waals surface area contributed by atoms with E-state index in [2.05, 4.69) is 25.2 Å². The van der Waals surface area contributed by atoms with Crippen LogP contribution in [0.2, 0.25) is 0 Å². The van der Waals surface area contributed by atoms with Gasteiger partial charge in [-0.25, -0.2) is 0 Å². The Morgan fingerprint density at radius 2 is 2.04 bits per heavy atom. The molecule has 0 spiro atoms. The monoisotopic (exact) mass is 392 g/mol. The van der Waals surface area contributed by atoms with Gasteiger partial charge in [0.15, 0.2) is 0 Å². The van der Waals surface area contributed by atoms with Crippen LogP contribution in [0.1, 0.15) is 59.3 Å². The highest BCUT2D eigenvalue weighted by molar-refractivity contribution is 5.72. The van der Waals surface area contributed by atoms with Gasteiger partial charge in [0.25, 0.3) is 0 Å². The topological polar surface area (TPSA) is 89.9 Å². The van der Waals surface area contributed by atoms with E-state index in [4.69, 9.17) is 14.6 Å². The summed E-state index contributed by atoms with van der Waals surface area (Å²) in [4.78, 5) is 34.9. The molecule has 0 aromatic heterocycles. The van der Waals surface area contributed by atoms with E-state index >= 15 is 0 Å². The molecule has 6 heteroatoms. The van der Waals surface area contributed by atoms with E-state index in [1.165, 1.54) is 0 Å². The van der Waals surface area contributed by atoms with Crippen molar-refractivity contribution in [3.63, 3.8) is 0 Å². The Balaban J connectivity index is 2.02. The van der Waals surface area contributed by atoms with E-state index in [0.29, 0.717) is 0 Å². The van der Waals surface area contributed by atoms with Crippen molar-refractivity contribution < 1.29 is 29.0 Å². The first-order chi connectivity index (χ1) is 13.3. The number of carbonyl (C=O) groups excluding carboxylic acids is 2. The molecule has 2 rings (SSSR count). The molecule has 1 N–H and O–H groups in total. The summed E-state index contributed by atoms with van der Waals surface area (Å²) in [6.07, 6.45) is 8.92. The third-order valence-corrected chi connectivity index (χ3v) is 5.84. The first kappa shape index (κ1) is 22.2. The zero-order chi connectivity index (χ0) is 20.7. The largest absolute Gasteiger partial charge is 0.481 e. The molecule has 0 aromatic carbocycles. The van der Waals surface area contributed by atoms with Gasteiger partial charge in [0.05, 0.1) is 12.5 Å². The molecule has 0 heterocycles. The molecule has 0 fully saturated rings. The molecule has 5 atom stereocenters. The molecule has 6 nitrogen and oxygen atoms in total. The van der Waals surface area contributed by atoms with Gasteiger partial charge in [0.1, 0.15) is 6.10 Å². The van der Waals surface area contributed by atoms with E-state index in [0.717, 1.165) is 24.8 Å². The minimum atomic E-state index is -0.915. The van der Waals surface area contributed by atoms with Gasteiger partial charge in [-0.1, -0.05) is 39.0 Å². The lowest BCUT2D eigenvalue weighted by Crippen LogP contribution is -2.42. The number of hydrogen-bond donors (Lipinski definition) is 1. The zero-order valence-electron chi connectivity index (χ0n) is 17.1. The molecule has 0 amide bonds. The second kappa shape index (κ2) is 10.4. The summed E-state index contributed by atoms with van der Waals surface area (Å²) in [6, 6.07) is 0. The summed E-state index contributed by atoms with van der Waals surface area (Å²) < 4.78 is 11.3. The fraction of sp³-hybridized carbons (Fsp3) is 0.682. The number of esters is 2. The minimum absolute atomic E-state index is 0.0218. The molecule has 2 aliphatic rings. The van der Waals surface area contributed by atoms with E-state index in [-0.39, 0.29) is 67.6 Å². The Labute approximate surface area is 167 Å². The van der Waals surface area contributed by atoms with Gasteiger partial charge in [0, 0.05) is 24.7 Å². The van der Waals surface area contributed by atoms with Crippen molar-refractivity contribution in [3.05, 3.63) is 23.8 Å². The van der Waals surface area contributed by atoms with Crippen LogP contribution in [0.15, 0.2) is 23.8 Å². The summed E-state index contributed by atoms with van der Waals surface area (Å²) in [5.74, 6) is -1.34. The van der Waals surface area contributed by atoms with Crippen LogP contribution in [-0.2, 0) is 23.9 Å². The average molecular weight is 392 g/mol. The number of fused-ring (bicyclic) bond motifs is 1. The molecular formula is C22H32O6. The van der Waals surface area contributed by atoms with Crippen molar-refractivity contribution in [3.8, 4) is 0 Å². The summed E-state index contributed by atoms with van der Waals surface area (Å²) in [5.41, 5.74) is 1.15. The number of aliphatic carboxylic acids is 1. The molecule has 0 aromatic rings. The predicted octanol–water partition coefficient (Wildman–Crippen LogP) is 3.90. The third-order valence-electron chi connectivity index (χ3n) is 5.84. The van der Waals surface area contributed by atoms with Gasteiger partial charge in [-0.05, 0) is 37.2 Å². The molecular weight excluding hydrogens is 360 g/mol. The van der Waals surface area contributed by atoms with Gasteiger partial charge >= 0.3 is 17.9 Å². The Morgan fingerprint density at radius 3 is 2.71 bits per heavy atom. The van der Waals surface area contributed by atoms with Gasteiger partial charge < -0.3 is 14.6 Å². The highest BCUT2D eigenvalue weighted by atomic mass is 16.5. The maximum absolute atomic E-state index is 12.4. The molecule has 0 radical (unpaired) electrons. The number of hydrogen-bond acceptors (Lipinski definition) is 5. The molecule has 156 valence electrons. The van der Waals surface area contributed by atoms with Crippen LogP contribution in [0.5, 0.6) is 0 Å². The number of carboxylic acids is 1. The minimum Gasteiger partial charge on any atom is -0.481 e. The fourth-order valence-corrected chi connectivity index (χ4v) is 3.84. The molecule has 0 saturated carbocycles. The Bertz CT molecular complexity index is 635. The fourth-order valence-electron chi connectivity index (χ4n) is 3.84. The first-order valence-corrected chi connectivity index (χ1v) is 10.3. The quantitative estimate of drug-likeness (QED) is 0.599. The van der Waals surface area contributed by atoms with Crippen LogP contribution in [0.3, 0.4) is 0 Å². The van der Waals surface area contributed by atoms with Crippen molar-refractivity contribution >= 4 is 17.9 Å². The van der Waals surface area contributed by atoms with Crippen LogP contribution < -0.4 is 0 Å². The van der Waals surface area contributed by atoms with Gasteiger partial charge in [-0.15, -0.1) is 0 Å². The van der Waals surface area contributed by atoms with Crippen molar-refractivity contribution in [1.82, 2.24) is 0 Å². The van der Waals surface area contributed by atoms with Crippen LogP contribution in [0.25, 0.3) is 0 Å². The summed E-state index contributed by atoms with van der Waals surface area (Å²) in [6.45, 7) is 6.17. The molecule has 0 bridgehead atoms. The maximum atomic E-state index is 12.4. The van der Waals surface area contributed by atoms with E-state index in [1.807, 2.05) is 13.8 Å². The highest BCUT2D eigenvalue weighted by Gasteiger charge is 2.40. The number of allylic oxidation sites excluding steroid dienone is 3. The standard InChI is InChI=1S/C22H32O6/c1-4-14(2)22(26)28-18-8-5-7-16-12-11-15(3)17(21(16)18)13-27-20(25)10-6-9-19(23)24/h7,11-12,14-15,17-18,21H,4-6,8-10,13H2,1-3H3,(H,23,24)/t14-,15+,17+,18+,21+/m0/s1. The third kappa shape index (κ3) is 5.94. The number of carbonyl (C=O) groups is 3.